The Bertz CT molecular complexity index is 950. The largest absolute Gasteiger partial charge is 0.377 e. The number of carbonyl (C=O) groups is 1. The van der Waals surface area contributed by atoms with Gasteiger partial charge >= 0.3 is 0 Å². The molecule has 3 rings (SSSR count). The SMILES string of the molecule is CCC1(CC)C[C@@H](CCOCc2ccccc2)N(S(=O)(=O)c2ccc(C)cc2)C1=O. The van der Waals surface area contributed by atoms with Gasteiger partial charge in [-0.25, -0.2) is 12.7 Å². The molecule has 1 aliphatic heterocycles. The first-order chi connectivity index (χ1) is 14.3. The molecular weight excluding hydrogens is 398 g/mol. The van der Waals surface area contributed by atoms with Crippen LogP contribution in [0.3, 0.4) is 0 Å². The Labute approximate surface area is 180 Å². The number of amides is 1. The van der Waals surface area contributed by atoms with Crippen molar-refractivity contribution in [2.24, 2.45) is 5.41 Å². The van der Waals surface area contributed by atoms with Crippen LogP contribution in [0, 0.1) is 12.3 Å². The highest BCUT2D eigenvalue weighted by molar-refractivity contribution is 7.89. The molecule has 30 heavy (non-hydrogen) atoms. The van der Waals surface area contributed by atoms with Crippen LogP contribution in [0.15, 0.2) is 59.5 Å². The molecule has 0 bridgehead atoms. The molecule has 0 radical (unpaired) electrons. The minimum atomic E-state index is -3.91. The van der Waals surface area contributed by atoms with Crippen molar-refractivity contribution in [2.75, 3.05) is 6.61 Å². The Kier molecular flexibility index (Phi) is 6.98. The normalized spacial score (nSPS) is 18.7. The molecule has 0 N–H and O–H groups in total. The van der Waals surface area contributed by atoms with Crippen molar-refractivity contribution in [1.29, 1.82) is 0 Å². The van der Waals surface area contributed by atoms with Gasteiger partial charge in [-0.1, -0.05) is 61.9 Å². The quantitative estimate of drug-likeness (QED) is 0.542. The predicted octanol–water partition coefficient (Wildman–Crippen LogP) is 4.70. The average molecular weight is 430 g/mol. The van der Waals surface area contributed by atoms with Gasteiger partial charge in [-0.3, -0.25) is 4.79 Å². The summed E-state index contributed by atoms with van der Waals surface area (Å²) in [5.41, 5.74) is 1.42. The summed E-state index contributed by atoms with van der Waals surface area (Å²) in [5.74, 6) is -0.277. The molecule has 0 spiro atoms. The van der Waals surface area contributed by atoms with Gasteiger partial charge in [0.05, 0.1) is 23.0 Å². The number of rotatable bonds is 9. The lowest BCUT2D eigenvalue weighted by Crippen LogP contribution is -2.41. The van der Waals surface area contributed by atoms with Gasteiger partial charge in [0.1, 0.15) is 0 Å². The lowest BCUT2D eigenvalue weighted by Gasteiger charge is -2.26. The number of hydrogen-bond acceptors (Lipinski definition) is 4. The van der Waals surface area contributed by atoms with Crippen molar-refractivity contribution in [3.05, 3.63) is 65.7 Å². The molecule has 1 heterocycles. The van der Waals surface area contributed by atoms with E-state index in [0.29, 0.717) is 38.9 Å². The fraction of sp³-hybridized carbons (Fsp3) is 0.458. The van der Waals surface area contributed by atoms with Crippen LogP contribution >= 0.6 is 0 Å². The van der Waals surface area contributed by atoms with Crippen molar-refractivity contribution in [3.63, 3.8) is 0 Å². The summed E-state index contributed by atoms with van der Waals surface area (Å²) in [4.78, 5) is 13.5. The highest BCUT2D eigenvalue weighted by Crippen LogP contribution is 2.45. The third-order valence-corrected chi connectivity index (χ3v) is 8.10. The summed E-state index contributed by atoms with van der Waals surface area (Å²) in [6.07, 6.45) is 2.29. The Morgan fingerprint density at radius 1 is 1.03 bits per heavy atom. The highest BCUT2D eigenvalue weighted by Gasteiger charge is 2.53. The number of nitrogens with zero attached hydrogens (tertiary/aromatic N) is 1. The Hall–Kier alpha value is -2.18. The zero-order valence-corrected chi connectivity index (χ0v) is 18.8. The van der Waals surface area contributed by atoms with Crippen molar-refractivity contribution in [1.82, 2.24) is 4.31 Å². The molecule has 162 valence electrons. The van der Waals surface area contributed by atoms with Gasteiger partial charge in [0, 0.05) is 6.61 Å². The fourth-order valence-corrected chi connectivity index (χ4v) is 5.89. The minimum absolute atomic E-state index is 0.166. The standard InChI is InChI=1S/C24H31NO4S/c1-4-24(5-2)17-21(15-16-29-18-20-9-7-6-8-10-20)25(23(24)26)30(27,28)22-13-11-19(3)12-14-22/h6-14,21H,4-5,15-18H2,1-3H3/t21-/m1/s1. The summed E-state index contributed by atoms with van der Waals surface area (Å²) < 4.78 is 33.8. The van der Waals surface area contributed by atoms with E-state index in [0.717, 1.165) is 15.4 Å². The predicted molar refractivity (Wildman–Crippen MR) is 117 cm³/mol. The molecule has 5 nitrogen and oxygen atoms in total. The van der Waals surface area contributed by atoms with Gasteiger partial charge in [-0.2, -0.15) is 0 Å². The van der Waals surface area contributed by atoms with Crippen LogP contribution in [0.2, 0.25) is 0 Å². The molecule has 1 fully saturated rings. The molecule has 1 amide bonds. The third kappa shape index (κ3) is 4.44. The molecule has 0 saturated carbocycles. The summed E-state index contributed by atoms with van der Waals surface area (Å²) in [6.45, 7) is 6.71. The maximum atomic E-state index is 13.4. The summed E-state index contributed by atoms with van der Waals surface area (Å²) in [6, 6.07) is 16.2. The van der Waals surface area contributed by atoms with Gasteiger partial charge in [0.2, 0.25) is 5.91 Å². The molecule has 0 aliphatic carbocycles. The van der Waals surface area contributed by atoms with E-state index >= 15 is 0 Å². The first kappa shape index (κ1) is 22.5. The number of hydrogen-bond donors (Lipinski definition) is 0. The van der Waals surface area contributed by atoms with Crippen molar-refractivity contribution < 1.29 is 17.9 Å². The molecule has 1 saturated heterocycles. The maximum Gasteiger partial charge on any atom is 0.266 e. The van der Waals surface area contributed by atoms with Crippen LogP contribution in [0.4, 0.5) is 0 Å². The van der Waals surface area contributed by atoms with Gasteiger partial charge in [-0.05, 0) is 50.3 Å². The molecule has 0 aromatic heterocycles. The number of aryl methyl sites for hydroxylation is 1. The fourth-order valence-electron chi connectivity index (χ4n) is 4.19. The van der Waals surface area contributed by atoms with E-state index in [4.69, 9.17) is 4.74 Å². The molecule has 6 heteroatoms. The number of sulfonamides is 1. The van der Waals surface area contributed by atoms with E-state index in [1.165, 1.54) is 0 Å². The van der Waals surface area contributed by atoms with Gasteiger partial charge in [-0.15, -0.1) is 0 Å². The van der Waals surface area contributed by atoms with Gasteiger partial charge in [0.15, 0.2) is 0 Å². The number of ether oxygens (including phenoxy) is 1. The Balaban J connectivity index is 1.79. The molecule has 2 aromatic carbocycles. The second-order valence-corrected chi connectivity index (χ2v) is 9.91. The zero-order chi connectivity index (χ0) is 21.8. The van der Waals surface area contributed by atoms with Crippen LogP contribution in [0.5, 0.6) is 0 Å². The van der Waals surface area contributed by atoms with Crippen molar-refractivity contribution in [3.8, 4) is 0 Å². The van der Waals surface area contributed by atoms with Crippen LogP contribution in [0.25, 0.3) is 0 Å². The lowest BCUT2D eigenvalue weighted by molar-refractivity contribution is -0.132. The van der Waals surface area contributed by atoms with E-state index in [9.17, 15) is 13.2 Å². The van der Waals surface area contributed by atoms with E-state index in [-0.39, 0.29) is 16.8 Å². The van der Waals surface area contributed by atoms with E-state index in [1.807, 2.05) is 51.1 Å². The topological polar surface area (TPSA) is 63.7 Å². The van der Waals surface area contributed by atoms with Crippen LogP contribution in [0.1, 0.15) is 50.7 Å². The van der Waals surface area contributed by atoms with Crippen molar-refractivity contribution >= 4 is 15.9 Å². The maximum absolute atomic E-state index is 13.4. The first-order valence-corrected chi connectivity index (χ1v) is 12.1. The monoisotopic (exact) mass is 429 g/mol. The van der Waals surface area contributed by atoms with E-state index < -0.39 is 15.4 Å². The smallest absolute Gasteiger partial charge is 0.266 e. The third-order valence-electron chi connectivity index (χ3n) is 6.25. The molecular formula is C24H31NO4S. The Morgan fingerprint density at radius 2 is 1.67 bits per heavy atom. The zero-order valence-electron chi connectivity index (χ0n) is 18.0. The van der Waals surface area contributed by atoms with Crippen LogP contribution in [-0.4, -0.2) is 31.3 Å². The highest BCUT2D eigenvalue weighted by atomic mass is 32.2. The lowest BCUT2D eigenvalue weighted by atomic mass is 9.79. The number of carbonyl (C=O) groups excluding carboxylic acids is 1. The Morgan fingerprint density at radius 3 is 2.27 bits per heavy atom. The van der Waals surface area contributed by atoms with Crippen LogP contribution in [-0.2, 0) is 26.2 Å². The molecule has 1 aliphatic rings. The van der Waals surface area contributed by atoms with Crippen molar-refractivity contribution in [2.45, 2.75) is 64.0 Å². The first-order valence-electron chi connectivity index (χ1n) is 10.6. The minimum Gasteiger partial charge on any atom is -0.377 e. The van der Waals surface area contributed by atoms with Gasteiger partial charge < -0.3 is 4.74 Å². The molecule has 1 atom stereocenters. The summed E-state index contributed by atoms with van der Waals surface area (Å²) >= 11 is 0. The number of benzene rings is 2. The average Bonchev–Trinajstić information content (AvgIpc) is 3.05. The van der Waals surface area contributed by atoms with Gasteiger partial charge in [0.25, 0.3) is 10.0 Å². The molecule has 0 unspecified atom stereocenters. The van der Waals surface area contributed by atoms with E-state index in [2.05, 4.69) is 0 Å². The summed E-state index contributed by atoms with van der Waals surface area (Å²) in [5, 5.41) is 0. The second-order valence-electron chi connectivity index (χ2n) is 8.09. The molecule has 2 aromatic rings. The van der Waals surface area contributed by atoms with E-state index in [1.54, 1.807) is 24.3 Å². The summed E-state index contributed by atoms with van der Waals surface area (Å²) in [7, 11) is -3.91. The van der Waals surface area contributed by atoms with Crippen LogP contribution < -0.4 is 0 Å². The second kappa shape index (κ2) is 9.31.